The average molecular weight is 530 g/mol. The molecule has 4 heterocycles. The van der Waals surface area contributed by atoms with Gasteiger partial charge in [0.25, 0.3) is 5.56 Å². The molecule has 1 saturated heterocycles. The monoisotopic (exact) mass is 529 g/mol. The SMILES string of the molecule is Cn1c(=O)n(Cc2nc3cc(F)ccc3s2)c(=O)c2[nH]c(N3CCC[C@@H](NC(=O)OC(C)(C)C)C3)nc21. The maximum Gasteiger partial charge on any atom is 0.407 e. The number of aryl methyl sites for hydroxylation is 1. The standard InChI is InChI=1S/C24H28FN7O4S/c1-24(2,3)36-22(34)26-14-6-5-9-31(11-14)21-28-18-19(29-21)30(4)23(35)32(20(18)33)12-17-27-15-10-13(25)7-8-16(15)37-17/h7-8,10,14H,5-6,9,11-12H2,1-4H3,(H,26,34)(H,28,29)/t14-/m1/s1. The van der Waals surface area contributed by atoms with Crippen molar-refractivity contribution in [2.75, 3.05) is 18.0 Å². The van der Waals surface area contributed by atoms with E-state index in [1.165, 1.54) is 28.0 Å². The molecule has 1 amide bonds. The zero-order valence-corrected chi connectivity index (χ0v) is 21.8. The number of carbonyl (C=O) groups excluding carboxylic acids is 1. The second kappa shape index (κ2) is 9.29. The van der Waals surface area contributed by atoms with E-state index in [2.05, 4.69) is 20.3 Å². The number of H-pyrrole nitrogens is 1. The van der Waals surface area contributed by atoms with Gasteiger partial charge in [0.2, 0.25) is 5.95 Å². The smallest absolute Gasteiger partial charge is 0.407 e. The number of nitrogens with one attached hydrogen (secondary N) is 2. The number of fused-ring (bicyclic) bond motifs is 2. The topological polar surface area (TPSA) is 127 Å². The van der Waals surface area contributed by atoms with Gasteiger partial charge >= 0.3 is 11.8 Å². The first-order valence-corrected chi connectivity index (χ1v) is 12.8. The summed E-state index contributed by atoms with van der Waals surface area (Å²) in [5.41, 5.74) is -0.703. The van der Waals surface area contributed by atoms with Gasteiger partial charge in [0.15, 0.2) is 11.2 Å². The van der Waals surface area contributed by atoms with E-state index in [1.807, 2.05) is 25.7 Å². The third kappa shape index (κ3) is 5.08. The second-order valence-electron chi connectivity index (χ2n) is 10.1. The maximum absolute atomic E-state index is 13.6. The number of ether oxygens (including phenoxy) is 1. The zero-order valence-electron chi connectivity index (χ0n) is 21.0. The Kier molecular flexibility index (Phi) is 6.26. The van der Waals surface area contributed by atoms with Crippen molar-refractivity contribution in [2.45, 2.75) is 51.8 Å². The van der Waals surface area contributed by atoms with Crippen molar-refractivity contribution in [3.63, 3.8) is 0 Å². The highest BCUT2D eigenvalue weighted by Gasteiger charge is 2.27. The zero-order chi connectivity index (χ0) is 26.5. The van der Waals surface area contributed by atoms with E-state index < -0.39 is 28.8 Å². The molecule has 196 valence electrons. The largest absolute Gasteiger partial charge is 0.444 e. The van der Waals surface area contributed by atoms with Crippen molar-refractivity contribution in [2.24, 2.45) is 7.05 Å². The van der Waals surface area contributed by atoms with Crippen LogP contribution in [0.15, 0.2) is 27.8 Å². The molecule has 0 unspecified atom stereocenters. The van der Waals surface area contributed by atoms with E-state index in [4.69, 9.17) is 4.74 Å². The summed E-state index contributed by atoms with van der Waals surface area (Å²) in [6, 6.07) is 4.15. The highest BCUT2D eigenvalue weighted by Crippen LogP contribution is 2.23. The number of rotatable bonds is 4. The first kappa shape index (κ1) is 24.9. The Morgan fingerprint density at radius 3 is 2.84 bits per heavy atom. The number of hydrogen-bond donors (Lipinski definition) is 2. The lowest BCUT2D eigenvalue weighted by Gasteiger charge is -2.33. The van der Waals surface area contributed by atoms with Crippen LogP contribution in [0.25, 0.3) is 21.4 Å². The summed E-state index contributed by atoms with van der Waals surface area (Å²) in [5, 5.41) is 3.42. The summed E-state index contributed by atoms with van der Waals surface area (Å²) in [6.07, 6.45) is 1.11. The minimum Gasteiger partial charge on any atom is -0.444 e. The van der Waals surface area contributed by atoms with Crippen molar-refractivity contribution < 1.29 is 13.9 Å². The van der Waals surface area contributed by atoms with Gasteiger partial charge in [0.05, 0.1) is 16.8 Å². The van der Waals surface area contributed by atoms with Crippen molar-refractivity contribution in [1.82, 2.24) is 29.4 Å². The summed E-state index contributed by atoms with van der Waals surface area (Å²) in [4.78, 5) is 52.6. The van der Waals surface area contributed by atoms with Gasteiger partial charge in [-0.2, -0.15) is 4.98 Å². The summed E-state index contributed by atoms with van der Waals surface area (Å²) in [7, 11) is 1.56. The van der Waals surface area contributed by atoms with E-state index in [0.717, 1.165) is 22.1 Å². The molecular weight excluding hydrogens is 501 g/mol. The molecule has 1 aromatic carbocycles. The lowest BCUT2D eigenvalue weighted by atomic mass is 10.1. The molecule has 0 saturated carbocycles. The number of carbonyl (C=O) groups is 1. The molecule has 2 N–H and O–H groups in total. The molecule has 3 aromatic heterocycles. The number of amides is 1. The van der Waals surface area contributed by atoms with Gasteiger partial charge in [0, 0.05) is 32.2 Å². The van der Waals surface area contributed by atoms with E-state index in [1.54, 1.807) is 13.1 Å². The fourth-order valence-electron chi connectivity index (χ4n) is 4.44. The van der Waals surface area contributed by atoms with Crippen LogP contribution in [-0.2, 0) is 18.3 Å². The van der Waals surface area contributed by atoms with Crippen LogP contribution in [0.3, 0.4) is 0 Å². The first-order chi connectivity index (χ1) is 17.5. The molecule has 0 radical (unpaired) electrons. The van der Waals surface area contributed by atoms with Gasteiger partial charge < -0.3 is 19.9 Å². The molecule has 37 heavy (non-hydrogen) atoms. The number of aromatic amines is 1. The Morgan fingerprint density at radius 1 is 1.30 bits per heavy atom. The second-order valence-corrected chi connectivity index (χ2v) is 11.3. The van der Waals surface area contributed by atoms with Crippen LogP contribution in [0, 0.1) is 5.82 Å². The van der Waals surface area contributed by atoms with Gasteiger partial charge in [-0.3, -0.25) is 13.9 Å². The third-order valence-corrected chi connectivity index (χ3v) is 7.12. The number of aromatic nitrogens is 5. The van der Waals surface area contributed by atoms with Crippen LogP contribution >= 0.6 is 11.3 Å². The molecule has 13 heteroatoms. The molecule has 4 aromatic rings. The normalized spacial score (nSPS) is 16.5. The number of piperidine rings is 1. The molecule has 11 nitrogen and oxygen atoms in total. The average Bonchev–Trinajstić information content (AvgIpc) is 3.43. The van der Waals surface area contributed by atoms with Gasteiger partial charge in [-0.25, -0.2) is 19.0 Å². The van der Waals surface area contributed by atoms with Crippen LogP contribution < -0.4 is 21.5 Å². The number of thiazole rings is 1. The Balaban J connectivity index is 1.42. The molecule has 0 spiro atoms. The van der Waals surface area contributed by atoms with Gasteiger partial charge in [-0.15, -0.1) is 11.3 Å². The summed E-state index contributed by atoms with van der Waals surface area (Å²) in [6.45, 7) is 6.54. The highest BCUT2D eigenvalue weighted by molar-refractivity contribution is 7.18. The van der Waals surface area contributed by atoms with Crippen molar-refractivity contribution in [1.29, 1.82) is 0 Å². The Bertz CT molecular complexity index is 1610. The fourth-order valence-corrected chi connectivity index (χ4v) is 5.38. The molecule has 0 bridgehead atoms. The molecule has 1 fully saturated rings. The van der Waals surface area contributed by atoms with Crippen molar-refractivity contribution >= 4 is 44.8 Å². The van der Waals surface area contributed by atoms with Crippen LogP contribution in [0.5, 0.6) is 0 Å². The van der Waals surface area contributed by atoms with Crippen molar-refractivity contribution in [3.8, 4) is 0 Å². The van der Waals surface area contributed by atoms with Crippen LogP contribution in [0.2, 0.25) is 0 Å². The minimum absolute atomic E-state index is 0.0393. The first-order valence-electron chi connectivity index (χ1n) is 12.0. The number of imidazole rings is 1. The maximum atomic E-state index is 13.6. The van der Waals surface area contributed by atoms with E-state index >= 15 is 0 Å². The molecule has 1 aliphatic rings. The Morgan fingerprint density at radius 2 is 2.08 bits per heavy atom. The van der Waals surface area contributed by atoms with E-state index in [0.29, 0.717) is 29.6 Å². The van der Waals surface area contributed by atoms with Gasteiger partial charge in [-0.05, 0) is 45.7 Å². The number of alkyl carbamates (subject to hydrolysis) is 1. The Hall–Kier alpha value is -3.74. The Labute approximate surface area is 214 Å². The molecule has 5 rings (SSSR count). The van der Waals surface area contributed by atoms with Crippen molar-refractivity contribution in [3.05, 3.63) is 49.9 Å². The fraction of sp³-hybridized carbons (Fsp3) is 0.458. The number of benzene rings is 1. The molecule has 1 aliphatic heterocycles. The lowest BCUT2D eigenvalue weighted by molar-refractivity contribution is 0.0500. The van der Waals surface area contributed by atoms with Gasteiger partial charge in [0.1, 0.15) is 16.4 Å². The number of anilines is 1. The van der Waals surface area contributed by atoms with E-state index in [-0.39, 0.29) is 23.8 Å². The quantitative estimate of drug-likeness (QED) is 0.416. The van der Waals surface area contributed by atoms with Gasteiger partial charge in [-0.1, -0.05) is 0 Å². The highest BCUT2D eigenvalue weighted by atomic mass is 32.1. The minimum atomic E-state index is -0.594. The number of halogens is 1. The summed E-state index contributed by atoms with van der Waals surface area (Å²) in [5.74, 6) is 0.0519. The van der Waals surface area contributed by atoms with Crippen LogP contribution in [0.4, 0.5) is 15.1 Å². The number of nitrogens with zero attached hydrogens (tertiary/aromatic N) is 5. The van der Waals surface area contributed by atoms with E-state index in [9.17, 15) is 18.8 Å². The molecule has 0 aliphatic carbocycles. The predicted octanol–water partition coefficient (Wildman–Crippen LogP) is 2.71. The summed E-state index contributed by atoms with van der Waals surface area (Å²) < 4.78 is 22.1. The number of hydrogen-bond acceptors (Lipinski definition) is 8. The van der Waals surface area contributed by atoms with Crippen LogP contribution in [-0.4, -0.2) is 54.9 Å². The van der Waals surface area contributed by atoms with Crippen LogP contribution in [0.1, 0.15) is 38.6 Å². The molecule has 1 atom stereocenters. The lowest BCUT2D eigenvalue weighted by Crippen LogP contribution is -2.49. The predicted molar refractivity (Wildman–Crippen MR) is 139 cm³/mol. The molecular formula is C24H28FN7O4S. The third-order valence-electron chi connectivity index (χ3n) is 6.10. The summed E-state index contributed by atoms with van der Waals surface area (Å²) >= 11 is 1.30.